The lowest BCUT2D eigenvalue weighted by molar-refractivity contribution is 0.378. The van der Waals surface area contributed by atoms with E-state index in [1.807, 2.05) is 0 Å². The summed E-state index contributed by atoms with van der Waals surface area (Å²) in [5.41, 5.74) is 0.515. The lowest BCUT2D eigenvalue weighted by Crippen LogP contribution is -1.97. The number of ether oxygens (including phenoxy) is 1. The highest BCUT2D eigenvalue weighted by Crippen LogP contribution is 2.26. The van der Waals surface area contributed by atoms with Gasteiger partial charge in [0.15, 0.2) is 11.6 Å². The molecule has 1 rings (SSSR count). The van der Waals surface area contributed by atoms with Crippen molar-refractivity contribution in [1.82, 2.24) is 0 Å². The summed E-state index contributed by atoms with van der Waals surface area (Å²) in [4.78, 5) is 0. The van der Waals surface area contributed by atoms with Crippen molar-refractivity contribution in [2.24, 2.45) is 0 Å². The molecule has 0 aliphatic carbocycles. The van der Waals surface area contributed by atoms with E-state index in [4.69, 9.17) is 4.74 Å². The van der Waals surface area contributed by atoms with Gasteiger partial charge in [-0.3, -0.25) is 0 Å². The summed E-state index contributed by atoms with van der Waals surface area (Å²) in [6, 6.07) is 1.13. The Kier molecular flexibility index (Phi) is 2.31. The molecule has 0 saturated heterocycles. The summed E-state index contributed by atoms with van der Waals surface area (Å²) in [7, 11) is 1.32. The number of halogens is 2. The van der Waals surface area contributed by atoms with Crippen LogP contribution in [-0.4, -0.2) is 7.11 Å². The minimum absolute atomic E-state index is 0.0156. The SMILES string of the molecule is COc1c(F)cc(C)c(F)c1C. The van der Waals surface area contributed by atoms with Crippen LogP contribution in [0, 0.1) is 25.5 Å². The van der Waals surface area contributed by atoms with E-state index < -0.39 is 11.6 Å². The van der Waals surface area contributed by atoms with Gasteiger partial charge in [0.2, 0.25) is 0 Å². The molecule has 0 aliphatic rings. The molecule has 12 heavy (non-hydrogen) atoms. The van der Waals surface area contributed by atoms with E-state index in [9.17, 15) is 8.78 Å². The van der Waals surface area contributed by atoms with Gasteiger partial charge in [0.25, 0.3) is 0 Å². The predicted octanol–water partition coefficient (Wildman–Crippen LogP) is 2.59. The zero-order valence-electron chi connectivity index (χ0n) is 7.24. The first-order chi connectivity index (χ1) is 5.57. The first-order valence-electron chi connectivity index (χ1n) is 3.57. The molecular weight excluding hydrogens is 162 g/mol. The molecule has 0 saturated carbocycles. The highest BCUT2D eigenvalue weighted by Gasteiger charge is 2.12. The van der Waals surface area contributed by atoms with E-state index in [0.717, 1.165) is 6.07 Å². The summed E-state index contributed by atoms with van der Waals surface area (Å²) >= 11 is 0. The van der Waals surface area contributed by atoms with Crippen LogP contribution in [0.15, 0.2) is 6.07 Å². The number of hydrogen-bond donors (Lipinski definition) is 0. The Hall–Kier alpha value is -1.12. The molecule has 1 aromatic rings. The largest absolute Gasteiger partial charge is 0.493 e. The van der Waals surface area contributed by atoms with Crippen molar-refractivity contribution in [2.45, 2.75) is 13.8 Å². The van der Waals surface area contributed by atoms with Gasteiger partial charge in [-0.2, -0.15) is 0 Å². The molecule has 1 nitrogen and oxygen atoms in total. The predicted molar refractivity (Wildman–Crippen MR) is 42.4 cm³/mol. The van der Waals surface area contributed by atoms with Crippen LogP contribution in [0.2, 0.25) is 0 Å². The normalized spacial score (nSPS) is 10.1. The quantitative estimate of drug-likeness (QED) is 0.632. The van der Waals surface area contributed by atoms with Crippen molar-refractivity contribution < 1.29 is 13.5 Å². The van der Waals surface area contributed by atoms with E-state index in [-0.39, 0.29) is 11.3 Å². The van der Waals surface area contributed by atoms with Gasteiger partial charge >= 0.3 is 0 Å². The van der Waals surface area contributed by atoms with Crippen molar-refractivity contribution in [3.8, 4) is 5.75 Å². The van der Waals surface area contributed by atoms with Gasteiger partial charge in [0.05, 0.1) is 7.11 Å². The van der Waals surface area contributed by atoms with Crippen LogP contribution >= 0.6 is 0 Å². The summed E-state index contributed by atoms with van der Waals surface area (Å²) < 4.78 is 30.8. The average molecular weight is 172 g/mol. The molecule has 0 N–H and O–H groups in total. The van der Waals surface area contributed by atoms with Crippen LogP contribution in [0.25, 0.3) is 0 Å². The van der Waals surface area contributed by atoms with Crippen molar-refractivity contribution >= 4 is 0 Å². The molecule has 0 fully saturated rings. The van der Waals surface area contributed by atoms with E-state index in [1.165, 1.54) is 21.0 Å². The van der Waals surface area contributed by atoms with Gasteiger partial charge in [-0.05, 0) is 25.5 Å². The summed E-state index contributed by atoms with van der Waals surface area (Å²) in [5.74, 6) is -0.944. The maximum Gasteiger partial charge on any atom is 0.165 e. The lowest BCUT2D eigenvalue weighted by atomic mass is 10.1. The van der Waals surface area contributed by atoms with Gasteiger partial charge < -0.3 is 4.74 Å². The smallest absolute Gasteiger partial charge is 0.165 e. The maximum absolute atomic E-state index is 13.1. The molecule has 0 heterocycles. The van der Waals surface area contributed by atoms with E-state index in [0.29, 0.717) is 5.56 Å². The van der Waals surface area contributed by atoms with Crippen molar-refractivity contribution in [2.75, 3.05) is 7.11 Å². The first-order valence-corrected chi connectivity index (χ1v) is 3.57. The minimum atomic E-state index is -0.520. The molecule has 3 heteroatoms. The molecule has 66 valence electrons. The molecule has 1 aromatic carbocycles. The summed E-state index contributed by atoms with van der Waals surface area (Å²) in [6.45, 7) is 3.01. The van der Waals surface area contributed by atoms with Crippen molar-refractivity contribution in [3.05, 3.63) is 28.8 Å². The zero-order valence-corrected chi connectivity index (χ0v) is 7.24. The van der Waals surface area contributed by atoms with E-state index in [1.54, 1.807) is 0 Å². The summed E-state index contributed by atoms with van der Waals surface area (Å²) in [6.07, 6.45) is 0. The third kappa shape index (κ3) is 1.26. The molecule has 0 unspecified atom stereocenters. The van der Waals surface area contributed by atoms with Gasteiger partial charge in [-0.1, -0.05) is 0 Å². The van der Waals surface area contributed by atoms with E-state index in [2.05, 4.69) is 0 Å². The molecule has 0 atom stereocenters. The molecular formula is C9H10F2O. The van der Waals surface area contributed by atoms with Crippen LogP contribution < -0.4 is 4.74 Å². The van der Waals surface area contributed by atoms with Crippen molar-refractivity contribution in [3.63, 3.8) is 0 Å². The molecule has 0 aromatic heterocycles. The topological polar surface area (TPSA) is 9.23 Å². The fourth-order valence-electron chi connectivity index (χ4n) is 1.14. The van der Waals surface area contributed by atoms with Crippen LogP contribution in [0.3, 0.4) is 0 Å². The van der Waals surface area contributed by atoms with Gasteiger partial charge in [0.1, 0.15) is 5.82 Å². The minimum Gasteiger partial charge on any atom is -0.493 e. The van der Waals surface area contributed by atoms with E-state index >= 15 is 0 Å². The Morgan fingerprint density at radius 2 is 1.83 bits per heavy atom. The maximum atomic E-state index is 13.1. The second-order valence-corrected chi connectivity index (χ2v) is 2.65. The number of rotatable bonds is 1. The standard InChI is InChI=1S/C9H10F2O/c1-5-4-7(10)9(12-3)6(2)8(5)11/h4H,1-3H3. The van der Waals surface area contributed by atoms with Crippen LogP contribution in [-0.2, 0) is 0 Å². The van der Waals surface area contributed by atoms with Crippen LogP contribution in [0.1, 0.15) is 11.1 Å². The van der Waals surface area contributed by atoms with Gasteiger partial charge in [-0.25, -0.2) is 8.78 Å². The monoisotopic (exact) mass is 172 g/mol. The number of hydrogen-bond acceptors (Lipinski definition) is 1. The fourth-order valence-corrected chi connectivity index (χ4v) is 1.14. The number of methoxy groups -OCH3 is 1. The second kappa shape index (κ2) is 3.09. The lowest BCUT2D eigenvalue weighted by Gasteiger charge is -2.08. The number of benzene rings is 1. The fraction of sp³-hybridized carbons (Fsp3) is 0.333. The molecule has 0 aliphatic heterocycles. The Labute approximate surface area is 70.0 Å². The molecule has 0 bridgehead atoms. The third-order valence-corrected chi connectivity index (χ3v) is 1.78. The Bertz CT molecular complexity index is 308. The summed E-state index contributed by atoms with van der Waals surface area (Å²) in [5, 5.41) is 0. The van der Waals surface area contributed by atoms with Gasteiger partial charge in [-0.15, -0.1) is 0 Å². The van der Waals surface area contributed by atoms with Crippen LogP contribution in [0.5, 0.6) is 5.75 Å². The first kappa shape index (κ1) is 8.97. The zero-order chi connectivity index (χ0) is 9.30. The highest BCUT2D eigenvalue weighted by molar-refractivity contribution is 5.38. The third-order valence-electron chi connectivity index (χ3n) is 1.78. The Balaban J connectivity index is 3.40. The molecule has 0 amide bonds. The Morgan fingerprint density at radius 3 is 2.33 bits per heavy atom. The Morgan fingerprint density at radius 1 is 1.25 bits per heavy atom. The second-order valence-electron chi connectivity index (χ2n) is 2.65. The number of aryl methyl sites for hydroxylation is 1. The average Bonchev–Trinajstić information content (AvgIpc) is 2.01. The molecule has 0 spiro atoms. The van der Waals surface area contributed by atoms with Crippen molar-refractivity contribution in [1.29, 1.82) is 0 Å². The molecule has 0 radical (unpaired) electrons. The van der Waals surface area contributed by atoms with Crippen LogP contribution in [0.4, 0.5) is 8.78 Å². The highest BCUT2D eigenvalue weighted by atomic mass is 19.1. The van der Waals surface area contributed by atoms with Gasteiger partial charge in [0, 0.05) is 5.56 Å².